The first-order chi connectivity index (χ1) is 7.52. The maximum Gasteiger partial charge on any atom is 0.306 e. The molecule has 5 heteroatoms. The highest BCUT2D eigenvalue weighted by atomic mass is 16.5. The number of aryl methyl sites for hydroxylation is 2. The first-order valence-corrected chi connectivity index (χ1v) is 5.21. The van der Waals surface area contributed by atoms with E-state index in [1.165, 1.54) is 7.11 Å². The van der Waals surface area contributed by atoms with Gasteiger partial charge < -0.3 is 9.15 Å². The predicted octanol–water partition coefficient (Wildman–Crippen LogP) is 1.29. The maximum absolute atomic E-state index is 10.9. The van der Waals surface area contributed by atoms with Crippen LogP contribution in [0.2, 0.25) is 0 Å². The molecule has 0 saturated carbocycles. The molecule has 0 N–H and O–H groups in total. The van der Waals surface area contributed by atoms with E-state index >= 15 is 0 Å². The van der Waals surface area contributed by atoms with Crippen molar-refractivity contribution in [2.24, 2.45) is 0 Å². The number of carbonyl (C=O) groups excluding carboxylic acids is 1. The number of esters is 1. The van der Waals surface area contributed by atoms with Crippen molar-refractivity contribution in [2.75, 3.05) is 20.7 Å². The van der Waals surface area contributed by atoms with Gasteiger partial charge in [-0.05, 0) is 20.9 Å². The summed E-state index contributed by atoms with van der Waals surface area (Å²) in [6, 6.07) is 0. The topological polar surface area (TPSA) is 55.6 Å². The fourth-order valence-electron chi connectivity index (χ4n) is 1.30. The summed E-state index contributed by atoms with van der Waals surface area (Å²) in [5.41, 5.74) is 0.913. The number of carbonyl (C=O) groups is 1. The Morgan fingerprint density at radius 2 is 2.19 bits per heavy atom. The van der Waals surface area contributed by atoms with Gasteiger partial charge in [0.1, 0.15) is 5.76 Å². The molecule has 0 aliphatic rings. The summed E-state index contributed by atoms with van der Waals surface area (Å²) in [6.45, 7) is 5.04. The van der Waals surface area contributed by atoms with Crippen LogP contribution in [0.5, 0.6) is 0 Å². The van der Waals surface area contributed by atoms with Crippen LogP contribution in [0.4, 0.5) is 0 Å². The molecule has 0 bridgehead atoms. The lowest BCUT2D eigenvalue weighted by Gasteiger charge is -2.12. The van der Waals surface area contributed by atoms with E-state index in [-0.39, 0.29) is 5.97 Å². The van der Waals surface area contributed by atoms with Gasteiger partial charge in [0.2, 0.25) is 5.89 Å². The number of aromatic nitrogens is 1. The van der Waals surface area contributed by atoms with Crippen LogP contribution in [0.1, 0.15) is 23.8 Å². The third-order valence-corrected chi connectivity index (χ3v) is 2.40. The number of nitrogens with zero attached hydrogens (tertiary/aromatic N) is 2. The molecule has 16 heavy (non-hydrogen) atoms. The van der Waals surface area contributed by atoms with Crippen molar-refractivity contribution in [3.8, 4) is 0 Å². The molecule has 0 atom stereocenters. The monoisotopic (exact) mass is 226 g/mol. The van der Waals surface area contributed by atoms with Crippen molar-refractivity contribution in [1.82, 2.24) is 9.88 Å². The lowest BCUT2D eigenvalue weighted by atomic mass is 10.4. The Balaban J connectivity index is 2.39. The van der Waals surface area contributed by atoms with Crippen LogP contribution < -0.4 is 0 Å². The lowest BCUT2D eigenvalue weighted by molar-refractivity contribution is -0.140. The van der Waals surface area contributed by atoms with Crippen LogP contribution in [-0.2, 0) is 16.1 Å². The number of rotatable bonds is 5. The first kappa shape index (κ1) is 12.7. The van der Waals surface area contributed by atoms with Gasteiger partial charge in [-0.15, -0.1) is 0 Å². The van der Waals surface area contributed by atoms with Crippen LogP contribution in [0.25, 0.3) is 0 Å². The lowest BCUT2D eigenvalue weighted by Crippen LogP contribution is -2.22. The van der Waals surface area contributed by atoms with E-state index in [1.54, 1.807) is 0 Å². The second kappa shape index (κ2) is 5.65. The van der Waals surface area contributed by atoms with Crippen molar-refractivity contribution >= 4 is 5.97 Å². The molecule has 1 rings (SSSR count). The van der Waals surface area contributed by atoms with Crippen molar-refractivity contribution in [1.29, 1.82) is 0 Å². The number of oxazole rings is 1. The molecular weight excluding hydrogens is 208 g/mol. The molecule has 1 heterocycles. The molecule has 0 aliphatic heterocycles. The summed E-state index contributed by atoms with van der Waals surface area (Å²) in [5, 5.41) is 0. The highest BCUT2D eigenvalue weighted by Gasteiger charge is 2.09. The van der Waals surface area contributed by atoms with Gasteiger partial charge in [0.15, 0.2) is 0 Å². The summed E-state index contributed by atoms with van der Waals surface area (Å²) >= 11 is 0. The van der Waals surface area contributed by atoms with Gasteiger partial charge >= 0.3 is 5.97 Å². The Bertz CT molecular complexity index is 341. The fraction of sp³-hybridized carbons (Fsp3) is 0.636. The van der Waals surface area contributed by atoms with Crippen LogP contribution >= 0.6 is 0 Å². The van der Waals surface area contributed by atoms with Crippen LogP contribution in [0.3, 0.4) is 0 Å². The van der Waals surface area contributed by atoms with E-state index in [2.05, 4.69) is 9.72 Å². The second-order valence-corrected chi connectivity index (χ2v) is 3.81. The molecule has 1 aromatic heterocycles. The molecule has 0 amide bonds. The molecule has 90 valence electrons. The van der Waals surface area contributed by atoms with Gasteiger partial charge in [0, 0.05) is 6.54 Å². The van der Waals surface area contributed by atoms with E-state index in [0.717, 1.165) is 11.5 Å². The van der Waals surface area contributed by atoms with Crippen molar-refractivity contribution in [2.45, 2.75) is 26.8 Å². The molecule has 0 saturated heterocycles. The van der Waals surface area contributed by atoms with E-state index < -0.39 is 0 Å². The van der Waals surface area contributed by atoms with Gasteiger partial charge in [-0.25, -0.2) is 4.98 Å². The number of hydrogen-bond donors (Lipinski definition) is 0. The molecule has 0 radical (unpaired) electrons. The van der Waals surface area contributed by atoms with Crippen molar-refractivity contribution in [3.05, 3.63) is 17.3 Å². The zero-order valence-corrected chi connectivity index (χ0v) is 10.2. The average Bonchev–Trinajstić information content (AvgIpc) is 2.54. The highest BCUT2D eigenvalue weighted by Crippen LogP contribution is 2.09. The number of ether oxygens (including phenoxy) is 1. The Morgan fingerprint density at radius 1 is 1.50 bits per heavy atom. The second-order valence-electron chi connectivity index (χ2n) is 3.81. The summed E-state index contributed by atoms with van der Waals surface area (Å²) in [5.74, 6) is 1.32. The quantitative estimate of drug-likeness (QED) is 0.708. The van der Waals surface area contributed by atoms with Gasteiger partial charge in [-0.1, -0.05) is 0 Å². The van der Waals surface area contributed by atoms with Gasteiger partial charge in [0.05, 0.1) is 25.8 Å². The molecule has 0 unspecified atom stereocenters. The van der Waals surface area contributed by atoms with E-state index in [1.807, 2.05) is 25.8 Å². The summed E-state index contributed by atoms with van der Waals surface area (Å²) < 4.78 is 10.0. The molecular formula is C11H18N2O3. The smallest absolute Gasteiger partial charge is 0.306 e. The Morgan fingerprint density at radius 3 is 2.69 bits per heavy atom. The SMILES string of the molecule is COC(=O)CCN(C)Cc1nc(C)c(C)o1. The van der Waals surface area contributed by atoms with Crippen LogP contribution in [0, 0.1) is 13.8 Å². The zero-order valence-electron chi connectivity index (χ0n) is 10.2. The van der Waals surface area contributed by atoms with E-state index in [9.17, 15) is 4.79 Å². The maximum atomic E-state index is 10.9. The van der Waals surface area contributed by atoms with Gasteiger partial charge in [0.25, 0.3) is 0 Å². The highest BCUT2D eigenvalue weighted by molar-refractivity contribution is 5.69. The van der Waals surface area contributed by atoms with Crippen LogP contribution in [0.15, 0.2) is 4.42 Å². The minimum Gasteiger partial charge on any atom is -0.469 e. The number of methoxy groups -OCH3 is 1. The third kappa shape index (κ3) is 3.66. The van der Waals surface area contributed by atoms with E-state index in [4.69, 9.17) is 4.42 Å². The number of hydrogen-bond acceptors (Lipinski definition) is 5. The first-order valence-electron chi connectivity index (χ1n) is 5.21. The van der Waals surface area contributed by atoms with E-state index in [0.29, 0.717) is 25.4 Å². The molecule has 0 fully saturated rings. The molecule has 0 aliphatic carbocycles. The Hall–Kier alpha value is -1.36. The molecule has 5 nitrogen and oxygen atoms in total. The minimum absolute atomic E-state index is 0.202. The summed E-state index contributed by atoms with van der Waals surface area (Å²) in [6.07, 6.45) is 0.381. The average molecular weight is 226 g/mol. The summed E-state index contributed by atoms with van der Waals surface area (Å²) in [4.78, 5) is 17.2. The minimum atomic E-state index is -0.202. The van der Waals surface area contributed by atoms with Crippen molar-refractivity contribution in [3.63, 3.8) is 0 Å². The van der Waals surface area contributed by atoms with Gasteiger partial charge in [-0.3, -0.25) is 9.69 Å². The Kier molecular flexibility index (Phi) is 4.49. The normalized spacial score (nSPS) is 10.8. The zero-order chi connectivity index (χ0) is 12.1. The Labute approximate surface area is 95.4 Å². The summed E-state index contributed by atoms with van der Waals surface area (Å²) in [7, 11) is 3.31. The standard InChI is InChI=1S/C11H18N2O3/c1-8-9(2)16-10(12-8)7-13(3)6-5-11(14)15-4/h5-7H2,1-4H3. The molecule has 1 aromatic rings. The predicted molar refractivity (Wildman–Crippen MR) is 58.9 cm³/mol. The third-order valence-electron chi connectivity index (χ3n) is 2.40. The molecule has 0 aromatic carbocycles. The largest absolute Gasteiger partial charge is 0.469 e. The molecule has 0 spiro atoms. The van der Waals surface area contributed by atoms with Gasteiger partial charge in [-0.2, -0.15) is 0 Å². The van der Waals surface area contributed by atoms with Crippen LogP contribution in [-0.4, -0.2) is 36.6 Å². The fourth-order valence-corrected chi connectivity index (χ4v) is 1.30. The van der Waals surface area contributed by atoms with Crippen molar-refractivity contribution < 1.29 is 13.9 Å².